The van der Waals surface area contributed by atoms with Crippen LogP contribution >= 0.6 is 0 Å². The first kappa shape index (κ1) is 15.4. The zero-order valence-corrected chi connectivity index (χ0v) is 12.7. The minimum Gasteiger partial charge on any atom is -0.469 e. The molecule has 0 saturated carbocycles. The molecule has 0 spiro atoms. The summed E-state index contributed by atoms with van der Waals surface area (Å²) in [5.41, 5.74) is 5.71. The third kappa shape index (κ3) is 4.01. The van der Waals surface area contributed by atoms with Gasteiger partial charge < -0.3 is 15.4 Å². The number of methoxy groups -OCH3 is 1. The number of rotatable bonds is 4. The number of likely N-dealkylation sites (tertiary alicyclic amines) is 1. The molecule has 1 aromatic heterocycles. The SMILES string of the molecule is COC(=O)C1CCN(Cc2nc(N)nc(N(C)C)n2)CC1. The average Bonchev–Trinajstić information content (AvgIpc) is 2.46. The lowest BCUT2D eigenvalue weighted by atomic mass is 9.97. The summed E-state index contributed by atoms with van der Waals surface area (Å²) in [6.07, 6.45) is 1.60. The molecule has 0 bridgehead atoms. The molecule has 1 saturated heterocycles. The van der Waals surface area contributed by atoms with Crippen LogP contribution in [0.1, 0.15) is 18.7 Å². The van der Waals surface area contributed by atoms with Gasteiger partial charge in [-0.3, -0.25) is 9.69 Å². The Kier molecular flexibility index (Phi) is 4.89. The van der Waals surface area contributed by atoms with Crippen LogP contribution in [0, 0.1) is 5.92 Å². The summed E-state index contributed by atoms with van der Waals surface area (Å²) in [4.78, 5) is 28.2. The molecule has 2 rings (SSSR count). The number of hydrogen-bond acceptors (Lipinski definition) is 8. The lowest BCUT2D eigenvalue weighted by Crippen LogP contribution is -2.36. The summed E-state index contributed by atoms with van der Waals surface area (Å²) < 4.78 is 4.79. The van der Waals surface area contributed by atoms with E-state index in [9.17, 15) is 4.79 Å². The molecule has 8 heteroatoms. The fourth-order valence-corrected chi connectivity index (χ4v) is 2.39. The van der Waals surface area contributed by atoms with Gasteiger partial charge in [-0.2, -0.15) is 15.0 Å². The van der Waals surface area contributed by atoms with E-state index in [2.05, 4.69) is 19.9 Å². The monoisotopic (exact) mass is 294 g/mol. The van der Waals surface area contributed by atoms with Crippen molar-refractivity contribution in [2.24, 2.45) is 5.92 Å². The van der Waals surface area contributed by atoms with Crippen molar-refractivity contribution in [1.82, 2.24) is 19.9 Å². The van der Waals surface area contributed by atoms with Gasteiger partial charge >= 0.3 is 5.97 Å². The molecule has 0 amide bonds. The molecular formula is C13H22N6O2. The zero-order chi connectivity index (χ0) is 15.4. The molecule has 0 aromatic carbocycles. The van der Waals surface area contributed by atoms with Crippen LogP contribution < -0.4 is 10.6 Å². The number of piperidine rings is 1. The Morgan fingerprint density at radius 2 is 2.00 bits per heavy atom. The van der Waals surface area contributed by atoms with Crippen molar-refractivity contribution in [1.29, 1.82) is 0 Å². The number of nitrogen functional groups attached to an aromatic ring is 1. The van der Waals surface area contributed by atoms with E-state index in [0.29, 0.717) is 18.3 Å². The summed E-state index contributed by atoms with van der Waals surface area (Å²) in [5, 5.41) is 0. The van der Waals surface area contributed by atoms with Crippen molar-refractivity contribution in [3.63, 3.8) is 0 Å². The lowest BCUT2D eigenvalue weighted by Gasteiger charge is -2.30. The molecule has 1 aliphatic heterocycles. The van der Waals surface area contributed by atoms with Crippen molar-refractivity contribution in [2.75, 3.05) is 44.9 Å². The highest BCUT2D eigenvalue weighted by atomic mass is 16.5. The Balaban J connectivity index is 1.96. The summed E-state index contributed by atoms with van der Waals surface area (Å²) in [6, 6.07) is 0. The van der Waals surface area contributed by atoms with Crippen LogP contribution in [0.25, 0.3) is 0 Å². The highest BCUT2D eigenvalue weighted by Crippen LogP contribution is 2.19. The van der Waals surface area contributed by atoms with Crippen LogP contribution in [-0.2, 0) is 16.1 Å². The number of carbonyl (C=O) groups is 1. The predicted molar refractivity (Wildman–Crippen MR) is 78.6 cm³/mol. The molecule has 8 nitrogen and oxygen atoms in total. The van der Waals surface area contributed by atoms with Crippen molar-refractivity contribution in [3.8, 4) is 0 Å². The zero-order valence-electron chi connectivity index (χ0n) is 12.7. The fraction of sp³-hybridized carbons (Fsp3) is 0.692. The molecule has 0 radical (unpaired) electrons. The van der Waals surface area contributed by atoms with Crippen LogP contribution in [0.2, 0.25) is 0 Å². The topological polar surface area (TPSA) is 97.5 Å². The maximum absolute atomic E-state index is 11.5. The van der Waals surface area contributed by atoms with Crippen LogP contribution in [-0.4, -0.2) is 60.1 Å². The van der Waals surface area contributed by atoms with Crippen LogP contribution in [0.5, 0.6) is 0 Å². The van der Waals surface area contributed by atoms with E-state index in [1.165, 1.54) is 7.11 Å². The summed E-state index contributed by atoms with van der Waals surface area (Å²) >= 11 is 0. The van der Waals surface area contributed by atoms with E-state index in [1.807, 2.05) is 14.1 Å². The number of ether oxygens (including phenoxy) is 1. The van der Waals surface area contributed by atoms with Gasteiger partial charge in [-0.25, -0.2) is 0 Å². The number of anilines is 2. The van der Waals surface area contributed by atoms with Crippen molar-refractivity contribution in [3.05, 3.63) is 5.82 Å². The van der Waals surface area contributed by atoms with Gasteiger partial charge in [0.15, 0.2) is 0 Å². The highest BCUT2D eigenvalue weighted by Gasteiger charge is 2.26. The number of nitrogens with zero attached hydrogens (tertiary/aromatic N) is 5. The highest BCUT2D eigenvalue weighted by molar-refractivity contribution is 5.72. The molecule has 116 valence electrons. The minimum atomic E-state index is -0.117. The number of nitrogens with two attached hydrogens (primary N) is 1. The molecule has 0 atom stereocenters. The van der Waals surface area contributed by atoms with E-state index in [-0.39, 0.29) is 17.8 Å². The first-order valence-corrected chi connectivity index (χ1v) is 6.97. The van der Waals surface area contributed by atoms with Gasteiger partial charge in [0, 0.05) is 14.1 Å². The molecule has 0 unspecified atom stereocenters. The van der Waals surface area contributed by atoms with Gasteiger partial charge in [0.25, 0.3) is 0 Å². The van der Waals surface area contributed by atoms with Gasteiger partial charge in [0.1, 0.15) is 5.82 Å². The second-order valence-corrected chi connectivity index (χ2v) is 5.38. The Labute approximate surface area is 124 Å². The summed E-state index contributed by atoms with van der Waals surface area (Å²) in [5.74, 6) is 1.33. The van der Waals surface area contributed by atoms with Gasteiger partial charge in [0.2, 0.25) is 11.9 Å². The first-order chi connectivity index (χ1) is 9.99. The number of esters is 1. The molecule has 0 aliphatic carbocycles. The van der Waals surface area contributed by atoms with Crippen LogP contribution in [0.15, 0.2) is 0 Å². The Morgan fingerprint density at radius 1 is 1.33 bits per heavy atom. The van der Waals surface area contributed by atoms with E-state index in [1.54, 1.807) is 4.90 Å². The number of aromatic nitrogens is 3. The normalized spacial score (nSPS) is 16.7. The maximum atomic E-state index is 11.5. The standard InChI is InChI=1S/C13H22N6O2/c1-18(2)13-16-10(15-12(14)17-13)8-19-6-4-9(5-7-19)11(20)21-3/h9H,4-8H2,1-3H3,(H2,14,15,16,17). The quantitative estimate of drug-likeness (QED) is 0.769. The van der Waals surface area contributed by atoms with Gasteiger partial charge in [-0.1, -0.05) is 0 Å². The second-order valence-electron chi connectivity index (χ2n) is 5.38. The Morgan fingerprint density at radius 3 is 2.57 bits per heavy atom. The molecule has 1 aliphatic rings. The van der Waals surface area contributed by atoms with Crippen molar-refractivity contribution >= 4 is 17.9 Å². The maximum Gasteiger partial charge on any atom is 0.308 e. The Hall–Kier alpha value is -1.96. The molecule has 1 aromatic rings. The first-order valence-electron chi connectivity index (χ1n) is 6.97. The fourth-order valence-electron chi connectivity index (χ4n) is 2.39. The smallest absolute Gasteiger partial charge is 0.308 e. The summed E-state index contributed by atoms with van der Waals surface area (Å²) in [6.45, 7) is 2.26. The molecule has 1 fully saturated rings. The van der Waals surface area contributed by atoms with Gasteiger partial charge in [-0.15, -0.1) is 0 Å². The lowest BCUT2D eigenvalue weighted by molar-refractivity contribution is -0.147. The Bertz CT molecular complexity index is 499. The molecule has 21 heavy (non-hydrogen) atoms. The molecule has 2 N–H and O–H groups in total. The van der Waals surface area contributed by atoms with Crippen LogP contribution in [0.4, 0.5) is 11.9 Å². The minimum absolute atomic E-state index is 0.00649. The van der Waals surface area contributed by atoms with Gasteiger partial charge in [0.05, 0.1) is 19.6 Å². The van der Waals surface area contributed by atoms with Gasteiger partial charge in [-0.05, 0) is 25.9 Å². The number of carbonyl (C=O) groups excluding carboxylic acids is 1. The van der Waals surface area contributed by atoms with E-state index in [4.69, 9.17) is 10.5 Å². The molecule has 2 heterocycles. The van der Waals surface area contributed by atoms with E-state index >= 15 is 0 Å². The van der Waals surface area contributed by atoms with Crippen molar-refractivity contribution < 1.29 is 9.53 Å². The second kappa shape index (κ2) is 6.66. The third-order valence-electron chi connectivity index (χ3n) is 3.57. The third-order valence-corrected chi connectivity index (χ3v) is 3.57. The average molecular weight is 294 g/mol. The predicted octanol–water partition coefficient (Wildman–Crippen LogP) is -0.0952. The van der Waals surface area contributed by atoms with E-state index in [0.717, 1.165) is 25.9 Å². The largest absolute Gasteiger partial charge is 0.469 e. The molecular weight excluding hydrogens is 272 g/mol. The van der Waals surface area contributed by atoms with E-state index < -0.39 is 0 Å². The van der Waals surface area contributed by atoms with Crippen LogP contribution in [0.3, 0.4) is 0 Å². The van der Waals surface area contributed by atoms with Crippen molar-refractivity contribution in [2.45, 2.75) is 19.4 Å². The number of hydrogen-bond donors (Lipinski definition) is 1. The summed E-state index contributed by atoms with van der Waals surface area (Å²) in [7, 11) is 5.16.